The van der Waals surface area contributed by atoms with Crippen LogP contribution >= 0.6 is 0 Å². The summed E-state index contributed by atoms with van der Waals surface area (Å²) in [6.45, 7) is 9.63. The van der Waals surface area contributed by atoms with Crippen LogP contribution in [0.5, 0.6) is 0 Å². The number of carbonyl (C=O) groups is 1. The molecule has 0 aromatic carbocycles. The van der Waals surface area contributed by atoms with Gasteiger partial charge >= 0.3 is 5.97 Å². The van der Waals surface area contributed by atoms with E-state index in [4.69, 9.17) is 10.5 Å². The summed E-state index contributed by atoms with van der Waals surface area (Å²) in [4.78, 5) is 24.3. The van der Waals surface area contributed by atoms with Gasteiger partial charge in [-0.3, -0.25) is 9.79 Å². The van der Waals surface area contributed by atoms with Gasteiger partial charge in [0.15, 0.2) is 0 Å². The van der Waals surface area contributed by atoms with Gasteiger partial charge in [-0.25, -0.2) is 4.98 Å². The van der Waals surface area contributed by atoms with Crippen LogP contribution in [0, 0.1) is 11.8 Å². The van der Waals surface area contributed by atoms with Crippen LogP contribution in [0.15, 0.2) is 35.3 Å². The molecule has 2 aromatic rings. The molecule has 0 fully saturated rings. The number of nitrogens with one attached hydrogen (secondary N) is 1. The number of nitrogens with two attached hydrogens (primary N) is 1. The molecular formula is C20H30N6O2. The number of allylic oxidation sites excluding steroid dienone is 1. The number of carbonyl (C=O) groups excluding carboxylic acids is 1. The van der Waals surface area contributed by atoms with Crippen LogP contribution in [-0.2, 0) is 16.1 Å². The Kier molecular flexibility index (Phi) is 7.98. The maximum absolute atomic E-state index is 11.4. The lowest BCUT2D eigenvalue weighted by molar-refractivity contribution is -0.141. The Morgan fingerprint density at radius 2 is 2.21 bits per heavy atom. The summed E-state index contributed by atoms with van der Waals surface area (Å²) in [5, 5.41) is 4.02. The first-order chi connectivity index (χ1) is 13.5. The lowest BCUT2D eigenvalue weighted by Gasteiger charge is -2.20. The average molecular weight is 387 g/mol. The fourth-order valence-electron chi connectivity index (χ4n) is 2.91. The molecule has 3 N–H and O–H groups in total. The van der Waals surface area contributed by atoms with Crippen LogP contribution in [0.4, 0.5) is 5.95 Å². The Morgan fingerprint density at radius 1 is 1.43 bits per heavy atom. The van der Waals surface area contributed by atoms with Crippen LogP contribution in [0.3, 0.4) is 0 Å². The smallest absolute Gasteiger partial charge is 0.327 e. The normalized spacial score (nSPS) is 13.4. The van der Waals surface area contributed by atoms with E-state index in [1.165, 1.54) is 12.4 Å². The summed E-state index contributed by atoms with van der Waals surface area (Å²) >= 11 is 0. The lowest BCUT2D eigenvalue weighted by Crippen LogP contribution is -2.15. The van der Waals surface area contributed by atoms with Crippen LogP contribution in [0.1, 0.15) is 34.1 Å². The number of fused-ring (bicyclic) bond motifs is 1. The van der Waals surface area contributed by atoms with Crippen LogP contribution < -0.4 is 11.1 Å². The number of esters is 1. The fourth-order valence-corrected chi connectivity index (χ4v) is 2.91. The van der Waals surface area contributed by atoms with Crippen LogP contribution in [0.25, 0.3) is 11.0 Å². The molecule has 0 radical (unpaired) electrons. The van der Waals surface area contributed by atoms with Gasteiger partial charge in [0.2, 0.25) is 5.95 Å². The number of hydrogen-bond donors (Lipinski definition) is 2. The number of rotatable bonds is 10. The zero-order valence-electron chi connectivity index (χ0n) is 17.1. The summed E-state index contributed by atoms with van der Waals surface area (Å²) in [6.07, 6.45) is 7.77. The minimum absolute atomic E-state index is 0.0663. The topological polar surface area (TPSA) is 107 Å². The van der Waals surface area contributed by atoms with E-state index >= 15 is 0 Å². The molecule has 0 spiro atoms. The van der Waals surface area contributed by atoms with E-state index in [1.54, 1.807) is 13.1 Å². The van der Waals surface area contributed by atoms with Gasteiger partial charge in [0.05, 0.1) is 12.3 Å². The first-order valence-corrected chi connectivity index (χ1v) is 9.64. The van der Waals surface area contributed by atoms with Crippen molar-refractivity contribution in [3.05, 3.63) is 30.4 Å². The second-order valence-electron chi connectivity index (χ2n) is 6.87. The largest absolute Gasteiger partial charge is 0.465 e. The van der Waals surface area contributed by atoms with E-state index < -0.39 is 0 Å². The van der Waals surface area contributed by atoms with Crippen molar-refractivity contribution in [3.8, 4) is 0 Å². The molecule has 2 heterocycles. The summed E-state index contributed by atoms with van der Waals surface area (Å²) in [7, 11) is 0. The second kappa shape index (κ2) is 10.4. The highest BCUT2D eigenvalue weighted by Gasteiger charge is 2.14. The van der Waals surface area contributed by atoms with Crippen molar-refractivity contribution < 1.29 is 9.53 Å². The first kappa shape index (κ1) is 21.4. The molecule has 0 amide bonds. The quantitative estimate of drug-likeness (QED) is 0.480. The molecule has 0 aliphatic heterocycles. The van der Waals surface area contributed by atoms with E-state index in [9.17, 15) is 4.79 Å². The van der Waals surface area contributed by atoms with Crippen molar-refractivity contribution in [2.75, 3.05) is 18.5 Å². The van der Waals surface area contributed by atoms with Crippen molar-refractivity contribution in [3.63, 3.8) is 0 Å². The summed E-state index contributed by atoms with van der Waals surface area (Å²) in [6, 6.07) is 2.02. The molecule has 0 bridgehead atoms. The number of aliphatic imine (C=N–C) groups is 1. The molecule has 2 aromatic heterocycles. The molecule has 0 saturated heterocycles. The maximum atomic E-state index is 11.4. The highest BCUT2D eigenvalue weighted by molar-refractivity contribution is 5.85. The predicted octanol–water partition coefficient (Wildman–Crippen LogP) is 2.96. The van der Waals surface area contributed by atoms with Crippen molar-refractivity contribution in [1.82, 2.24) is 14.5 Å². The van der Waals surface area contributed by atoms with E-state index in [1.807, 2.05) is 6.07 Å². The Bertz CT molecular complexity index is 840. The SMILES string of the molecule is CCOC(=O)CN=CC(=CN)Nc1ncc2ccn(CC(CC)C(C)C)c2n1. The number of aromatic nitrogens is 3. The van der Waals surface area contributed by atoms with E-state index in [2.05, 4.69) is 51.8 Å². The molecule has 0 saturated carbocycles. The number of ether oxygens (including phenoxy) is 1. The van der Waals surface area contributed by atoms with Gasteiger partial charge in [-0.05, 0) is 24.8 Å². The lowest BCUT2D eigenvalue weighted by atomic mass is 9.93. The van der Waals surface area contributed by atoms with Crippen LogP contribution in [0.2, 0.25) is 0 Å². The number of nitrogens with zero attached hydrogens (tertiary/aromatic N) is 4. The third-order valence-electron chi connectivity index (χ3n) is 4.59. The zero-order chi connectivity index (χ0) is 20.5. The molecule has 1 unspecified atom stereocenters. The molecule has 1 atom stereocenters. The van der Waals surface area contributed by atoms with Gasteiger partial charge in [0.1, 0.15) is 12.2 Å². The van der Waals surface area contributed by atoms with Gasteiger partial charge in [-0.15, -0.1) is 0 Å². The standard InChI is InChI=1S/C20H30N6O2/c1-5-15(14(3)4)13-26-8-7-16-10-23-20(25-19(16)26)24-17(9-21)11-22-12-18(27)28-6-2/h7-11,14-15H,5-6,12-13,21H2,1-4H3,(H,23,24,25). The van der Waals surface area contributed by atoms with Gasteiger partial charge in [-0.2, -0.15) is 4.98 Å². The highest BCUT2D eigenvalue weighted by Crippen LogP contribution is 2.21. The molecule has 8 heteroatoms. The highest BCUT2D eigenvalue weighted by atomic mass is 16.5. The van der Waals surface area contributed by atoms with E-state index in [-0.39, 0.29) is 12.5 Å². The van der Waals surface area contributed by atoms with E-state index in [0.717, 1.165) is 24.0 Å². The second-order valence-corrected chi connectivity index (χ2v) is 6.87. The van der Waals surface area contributed by atoms with Gasteiger partial charge in [0, 0.05) is 36.7 Å². The molecule has 2 rings (SSSR count). The first-order valence-electron chi connectivity index (χ1n) is 9.64. The minimum atomic E-state index is -0.388. The van der Waals surface area contributed by atoms with Crippen molar-refractivity contribution >= 4 is 29.2 Å². The molecule has 0 aliphatic rings. The third-order valence-corrected chi connectivity index (χ3v) is 4.59. The molecular weight excluding hydrogens is 356 g/mol. The number of hydrogen-bond acceptors (Lipinski definition) is 7. The zero-order valence-corrected chi connectivity index (χ0v) is 17.1. The summed E-state index contributed by atoms with van der Waals surface area (Å²) in [5.41, 5.74) is 7.01. The van der Waals surface area contributed by atoms with Crippen molar-refractivity contribution in [2.45, 2.75) is 40.7 Å². The maximum Gasteiger partial charge on any atom is 0.327 e. The predicted molar refractivity (Wildman–Crippen MR) is 112 cm³/mol. The monoisotopic (exact) mass is 386 g/mol. The Morgan fingerprint density at radius 3 is 2.86 bits per heavy atom. The minimum Gasteiger partial charge on any atom is -0.465 e. The average Bonchev–Trinajstić information content (AvgIpc) is 3.07. The number of anilines is 1. The fraction of sp³-hybridized carbons (Fsp3) is 0.500. The van der Waals surface area contributed by atoms with Gasteiger partial charge in [-0.1, -0.05) is 27.2 Å². The summed E-state index contributed by atoms with van der Waals surface area (Å²) in [5.74, 6) is 1.21. The van der Waals surface area contributed by atoms with Gasteiger partial charge in [0.25, 0.3) is 0 Å². The third kappa shape index (κ3) is 5.80. The van der Waals surface area contributed by atoms with E-state index in [0.29, 0.717) is 30.1 Å². The Hall–Kier alpha value is -2.90. The van der Waals surface area contributed by atoms with Crippen molar-refractivity contribution in [2.24, 2.45) is 22.6 Å². The molecule has 8 nitrogen and oxygen atoms in total. The molecule has 28 heavy (non-hydrogen) atoms. The summed E-state index contributed by atoms with van der Waals surface area (Å²) < 4.78 is 7.00. The molecule has 152 valence electrons. The Balaban J connectivity index is 2.13. The molecule has 0 aliphatic carbocycles. The van der Waals surface area contributed by atoms with Gasteiger partial charge < -0.3 is 20.4 Å². The van der Waals surface area contributed by atoms with Crippen LogP contribution in [-0.4, -0.2) is 39.9 Å². The van der Waals surface area contributed by atoms with Crippen molar-refractivity contribution in [1.29, 1.82) is 0 Å². The Labute approximate surface area is 165 Å².